The van der Waals surface area contributed by atoms with E-state index in [-0.39, 0.29) is 11.4 Å². The number of carbonyl (C=O) groups is 6. The molecule has 6 amide bonds. The van der Waals surface area contributed by atoms with Gasteiger partial charge in [-0.25, -0.2) is 19.4 Å². The van der Waals surface area contributed by atoms with Crippen molar-refractivity contribution in [2.45, 2.75) is 66.6 Å². The number of benzene rings is 2. The van der Waals surface area contributed by atoms with Gasteiger partial charge in [-0.3, -0.25) is 29.8 Å². The van der Waals surface area contributed by atoms with Crippen molar-refractivity contribution in [3.8, 4) is 0 Å². The number of amides is 6. The minimum atomic E-state index is -1.42. The van der Waals surface area contributed by atoms with Gasteiger partial charge in [-0.05, 0) is 104 Å². The summed E-state index contributed by atoms with van der Waals surface area (Å²) < 4.78 is 10.5. The predicted octanol–water partition coefficient (Wildman–Crippen LogP) is 5.09. The fraction of sp³-hybridized carbons (Fsp3) is 0.438. The van der Waals surface area contributed by atoms with Gasteiger partial charge in [-0.2, -0.15) is 0 Å². The summed E-state index contributed by atoms with van der Waals surface area (Å²) in [5, 5.41) is 5.19. The lowest BCUT2D eigenvalue weighted by Gasteiger charge is -2.53. The van der Waals surface area contributed by atoms with Crippen LogP contribution in [0.5, 0.6) is 0 Å². The van der Waals surface area contributed by atoms with Crippen molar-refractivity contribution in [1.29, 1.82) is 0 Å². The summed E-state index contributed by atoms with van der Waals surface area (Å²) in [7, 11) is 0. The van der Waals surface area contributed by atoms with E-state index >= 15 is 0 Å². The van der Waals surface area contributed by atoms with Crippen LogP contribution in [0, 0.1) is 22.7 Å². The third-order valence-corrected chi connectivity index (χ3v) is 8.20. The number of imide groups is 2. The zero-order chi connectivity index (χ0) is 32.6. The number of nitrogens with zero attached hydrogens (tertiary/aromatic N) is 2. The van der Waals surface area contributed by atoms with Crippen LogP contribution < -0.4 is 20.4 Å². The van der Waals surface area contributed by atoms with Crippen LogP contribution in [-0.2, 0) is 28.7 Å². The average Bonchev–Trinajstić information content (AvgIpc) is 3.16. The van der Waals surface area contributed by atoms with E-state index in [1.54, 1.807) is 55.4 Å². The predicted molar refractivity (Wildman–Crippen MR) is 161 cm³/mol. The molecule has 0 spiro atoms. The second kappa shape index (κ2) is 9.90. The number of ether oxygens (including phenoxy) is 2. The third-order valence-electron chi connectivity index (χ3n) is 8.20. The molecule has 0 atom stereocenters. The van der Waals surface area contributed by atoms with E-state index in [1.807, 2.05) is 0 Å². The van der Waals surface area contributed by atoms with Crippen molar-refractivity contribution in [3.05, 3.63) is 48.5 Å². The van der Waals surface area contributed by atoms with E-state index in [4.69, 9.17) is 9.47 Å². The van der Waals surface area contributed by atoms with Crippen molar-refractivity contribution in [2.24, 2.45) is 22.7 Å². The molecule has 2 aromatic carbocycles. The van der Waals surface area contributed by atoms with Crippen LogP contribution in [-0.4, -0.2) is 47.0 Å². The van der Waals surface area contributed by atoms with Crippen LogP contribution >= 0.6 is 0 Å². The number of anilines is 4. The fourth-order valence-electron chi connectivity index (χ4n) is 6.66. The minimum absolute atomic E-state index is 0.261. The zero-order valence-electron chi connectivity index (χ0n) is 25.9. The lowest BCUT2D eigenvalue weighted by atomic mass is 9.41. The Morgan fingerprint density at radius 3 is 1.18 bits per heavy atom. The van der Waals surface area contributed by atoms with Crippen LogP contribution in [0.3, 0.4) is 0 Å². The normalized spacial score (nSPS) is 26.2. The monoisotopic (exact) mass is 604 g/mol. The lowest BCUT2D eigenvalue weighted by Crippen LogP contribution is -2.65. The molecule has 1 aliphatic carbocycles. The van der Waals surface area contributed by atoms with Crippen LogP contribution in [0.1, 0.15) is 55.4 Å². The molecule has 3 aliphatic rings. The van der Waals surface area contributed by atoms with Crippen molar-refractivity contribution in [3.63, 3.8) is 0 Å². The van der Waals surface area contributed by atoms with E-state index in [9.17, 15) is 28.8 Å². The summed E-state index contributed by atoms with van der Waals surface area (Å²) in [6.07, 6.45) is -1.30. The Kier molecular flexibility index (Phi) is 6.91. The summed E-state index contributed by atoms with van der Waals surface area (Å²) in [5.74, 6) is -4.35. The SMILES string of the molecule is CC(C)(C)OC(=O)Nc1ccc(N2C(=O)C3C(C)(C2=O)C2C(=O)N(c4ccc(NC(=O)OC(C)(C)C)cc4)C(=O)C32C)cc1. The van der Waals surface area contributed by atoms with Crippen molar-refractivity contribution < 1.29 is 38.2 Å². The Morgan fingerprint density at radius 1 is 0.614 bits per heavy atom. The van der Waals surface area contributed by atoms with Gasteiger partial charge in [0, 0.05) is 11.4 Å². The van der Waals surface area contributed by atoms with Gasteiger partial charge >= 0.3 is 12.2 Å². The summed E-state index contributed by atoms with van der Waals surface area (Å²) >= 11 is 0. The van der Waals surface area contributed by atoms with E-state index < -0.39 is 69.7 Å². The smallest absolute Gasteiger partial charge is 0.412 e. The van der Waals surface area contributed by atoms with Gasteiger partial charge in [0.05, 0.1) is 34.0 Å². The Morgan fingerprint density at radius 2 is 0.909 bits per heavy atom. The highest BCUT2D eigenvalue weighted by atomic mass is 16.6. The molecule has 232 valence electrons. The second-order valence-corrected chi connectivity index (χ2v) is 13.7. The van der Waals surface area contributed by atoms with Gasteiger partial charge < -0.3 is 9.47 Å². The molecule has 2 aromatic rings. The average molecular weight is 605 g/mol. The molecule has 2 aliphatic heterocycles. The number of rotatable bonds is 4. The first kappa shape index (κ1) is 30.7. The maximum Gasteiger partial charge on any atom is 0.412 e. The van der Waals surface area contributed by atoms with Gasteiger partial charge in [-0.15, -0.1) is 0 Å². The number of carbonyl (C=O) groups excluding carboxylic acids is 6. The fourth-order valence-corrected chi connectivity index (χ4v) is 6.66. The first-order valence-corrected chi connectivity index (χ1v) is 14.3. The Balaban J connectivity index is 1.35. The van der Waals surface area contributed by atoms with E-state index in [2.05, 4.69) is 10.6 Å². The Labute approximate surface area is 255 Å². The first-order chi connectivity index (χ1) is 20.3. The quantitative estimate of drug-likeness (QED) is 0.458. The molecule has 3 fully saturated rings. The van der Waals surface area contributed by atoms with E-state index in [0.29, 0.717) is 11.4 Å². The molecule has 0 unspecified atom stereocenters. The highest BCUT2D eigenvalue weighted by molar-refractivity contribution is 6.34. The highest BCUT2D eigenvalue weighted by Crippen LogP contribution is 2.71. The largest absolute Gasteiger partial charge is 0.444 e. The van der Waals surface area contributed by atoms with Crippen molar-refractivity contribution >= 4 is 58.6 Å². The molecule has 0 radical (unpaired) electrons. The summed E-state index contributed by atoms with van der Waals surface area (Å²) in [6, 6.07) is 12.2. The van der Waals surface area contributed by atoms with Gasteiger partial charge in [0.15, 0.2) is 0 Å². The van der Waals surface area contributed by atoms with Crippen LogP contribution in [0.25, 0.3) is 0 Å². The van der Waals surface area contributed by atoms with E-state index in [0.717, 1.165) is 9.80 Å². The molecule has 2 N–H and O–H groups in total. The third kappa shape index (κ3) is 4.78. The molecule has 2 saturated heterocycles. The van der Waals surface area contributed by atoms with Gasteiger partial charge in [-0.1, -0.05) is 0 Å². The summed E-state index contributed by atoms with van der Waals surface area (Å²) in [5.41, 5.74) is -2.89. The lowest BCUT2D eigenvalue weighted by molar-refractivity contribution is -0.179. The Hall–Kier alpha value is -4.74. The van der Waals surface area contributed by atoms with Crippen LogP contribution in [0.15, 0.2) is 48.5 Å². The first-order valence-electron chi connectivity index (χ1n) is 14.3. The maximum absolute atomic E-state index is 13.8. The molecule has 12 heteroatoms. The Bertz CT molecular complexity index is 1460. The van der Waals surface area contributed by atoms with Gasteiger partial charge in [0.2, 0.25) is 23.6 Å². The molecular weight excluding hydrogens is 568 g/mol. The summed E-state index contributed by atoms with van der Waals surface area (Å²) in [6.45, 7) is 13.5. The minimum Gasteiger partial charge on any atom is -0.444 e. The molecule has 1 saturated carbocycles. The standard InChI is InChI=1S/C32H36N4O8/c1-29(2,3)43-27(41)33-17-9-13-19(14-10-17)35-23(37)21-31(7,25(35)39)22-24(38)36(26(40)32(21,22)8)20-15-11-18(12-16-20)34-28(42)44-30(4,5)6/h9-16,21-22H,1-8H3,(H,33,41)(H,34,42). The van der Waals surface area contributed by atoms with E-state index in [1.165, 1.54) is 48.5 Å². The molecule has 0 bridgehead atoms. The zero-order valence-corrected chi connectivity index (χ0v) is 25.9. The number of nitrogens with one attached hydrogen (secondary N) is 2. The van der Waals surface area contributed by atoms with Crippen LogP contribution in [0.2, 0.25) is 0 Å². The number of hydrogen-bond acceptors (Lipinski definition) is 8. The number of hydrogen-bond donors (Lipinski definition) is 2. The molecule has 12 nitrogen and oxygen atoms in total. The number of fused-ring (bicyclic) bond motifs is 4. The van der Waals surface area contributed by atoms with Crippen molar-refractivity contribution in [2.75, 3.05) is 20.4 Å². The molecule has 2 heterocycles. The highest BCUT2D eigenvalue weighted by Gasteiger charge is 2.85. The van der Waals surface area contributed by atoms with Crippen LogP contribution in [0.4, 0.5) is 32.3 Å². The summed E-state index contributed by atoms with van der Waals surface area (Å²) in [4.78, 5) is 81.5. The topological polar surface area (TPSA) is 151 Å². The molecule has 5 rings (SSSR count). The van der Waals surface area contributed by atoms with Gasteiger partial charge in [0.25, 0.3) is 0 Å². The molecule has 0 aromatic heterocycles. The molecular formula is C32H36N4O8. The maximum atomic E-state index is 13.8. The van der Waals surface area contributed by atoms with Gasteiger partial charge in [0.1, 0.15) is 11.2 Å². The second-order valence-electron chi connectivity index (χ2n) is 13.7. The molecule has 44 heavy (non-hydrogen) atoms. The van der Waals surface area contributed by atoms with Crippen molar-refractivity contribution in [1.82, 2.24) is 0 Å².